The van der Waals surface area contributed by atoms with Crippen LogP contribution in [-0.2, 0) is 24.3 Å². The third kappa shape index (κ3) is 4.47. The maximum absolute atomic E-state index is 10.6. The van der Waals surface area contributed by atoms with E-state index >= 15 is 0 Å². The smallest absolute Gasteiger partial charge is 0.156 e. The van der Waals surface area contributed by atoms with Crippen molar-refractivity contribution in [3.63, 3.8) is 0 Å². The summed E-state index contributed by atoms with van der Waals surface area (Å²) in [4.78, 5) is 10.6. The minimum atomic E-state index is 0. The van der Waals surface area contributed by atoms with Gasteiger partial charge >= 0.3 is 0 Å². The zero-order valence-electron chi connectivity index (χ0n) is 6.30. The van der Waals surface area contributed by atoms with Crippen molar-refractivity contribution in [3.05, 3.63) is 36.0 Å². The van der Waals surface area contributed by atoms with Crippen LogP contribution in [0, 0.1) is 6.42 Å². The molecule has 1 radical (unpaired) electrons. The minimum Gasteiger partial charge on any atom is -1.00 e. The number of Topliss-reactive ketones (excluding diaryl/α,β-unsaturated/α-hetero) is 1. The summed E-state index contributed by atoms with van der Waals surface area (Å²) in [5.74, 6) is 0.101. The van der Waals surface area contributed by atoms with Gasteiger partial charge in [0.05, 0.1) is 0 Å². The molecular weight excluding hydrogens is 257 g/mol. The quantitative estimate of drug-likeness (QED) is 0.413. The van der Waals surface area contributed by atoms with Crippen molar-refractivity contribution in [3.8, 4) is 0 Å². The van der Waals surface area contributed by atoms with E-state index in [4.69, 9.17) is 0 Å². The van der Waals surface area contributed by atoms with Gasteiger partial charge in [-0.2, -0.15) is 0 Å². The maximum atomic E-state index is 10.6. The molecule has 0 heterocycles. The van der Waals surface area contributed by atoms with E-state index in [0.29, 0.717) is 0 Å². The normalized spacial score (nSPS) is 12.6. The fourth-order valence-electron chi connectivity index (χ4n) is 0.622. The zero-order chi connectivity index (χ0) is 6.69. The molecule has 0 aromatic heterocycles. The number of carbonyl (C=O) groups is 1. The average molecular weight is 264 g/mol. The molecule has 0 atom stereocenters. The van der Waals surface area contributed by atoms with E-state index in [0.717, 1.165) is 5.57 Å². The fourth-order valence-corrected chi connectivity index (χ4v) is 0.622. The number of rotatable bonds is 1. The van der Waals surface area contributed by atoms with Gasteiger partial charge < -0.3 is 17.0 Å². The Balaban J connectivity index is 0. The van der Waals surface area contributed by atoms with Gasteiger partial charge in [-0.05, 0) is 25.2 Å². The van der Waals surface area contributed by atoms with Gasteiger partial charge in [-0.25, -0.2) is 0 Å². The number of hydrogen-bond donors (Lipinski definition) is 0. The predicted octanol–water partition coefficient (Wildman–Crippen LogP) is -1.57. The second kappa shape index (κ2) is 6.73. The van der Waals surface area contributed by atoms with Crippen LogP contribution >= 0.6 is 0 Å². The third-order valence-electron chi connectivity index (χ3n) is 1.12. The van der Waals surface area contributed by atoms with Crippen molar-refractivity contribution < 1.29 is 41.3 Å². The summed E-state index contributed by atoms with van der Waals surface area (Å²) >= 11 is 0. The molecule has 0 fully saturated rings. The van der Waals surface area contributed by atoms with Crippen LogP contribution in [0.2, 0.25) is 0 Å². The van der Waals surface area contributed by atoms with E-state index in [1.54, 1.807) is 31.6 Å². The van der Waals surface area contributed by atoms with Gasteiger partial charge in [-0.1, -0.05) is 0 Å². The Kier molecular flexibility index (Phi) is 8.32. The summed E-state index contributed by atoms with van der Waals surface area (Å²) in [6.45, 7) is 1.55. The molecular formula is C8H7BrOZn-. The van der Waals surface area contributed by atoms with Crippen molar-refractivity contribution in [2.45, 2.75) is 6.92 Å². The number of carbonyl (C=O) groups excluding carboxylic acids is 1. The Hall–Kier alpha value is 0.0334. The Labute approximate surface area is 89.8 Å². The van der Waals surface area contributed by atoms with Crippen molar-refractivity contribution in [1.29, 1.82) is 0 Å². The number of allylic oxidation sites excluding steroid dienone is 3. The third-order valence-corrected chi connectivity index (χ3v) is 1.12. The SMILES string of the molecule is CC(=O)C1=CC=C=C[CH]1.[Br-].[Zn]. The molecule has 1 aliphatic rings. The fraction of sp³-hybridized carbons (Fsp3) is 0.125. The molecule has 0 aromatic carbocycles. The molecule has 1 rings (SSSR count). The van der Waals surface area contributed by atoms with Crippen LogP contribution in [0.5, 0.6) is 0 Å². The molecule has 3 heteroatoms. The van der Waals surface area contributed by atoms with Crippen molar-refractivity contribution in [2.24, 2.45) is 0 Å². The summed E-state index contributed by atoms with van der Waals surface area (Å²) in [6.07, 6.45) is 6.97. The standard InChI is InChI=1S/C8H7O.BrH.Zn/c1-7(9)8-5-3-2-4-6-8;;/h3-6H,1H3;1H;/p-1. The van der Waals surface area contributed by atoms with Gasteiger partial charge in [-0.3, -0.25) is 4.79 Å². The van der Waals surface area contributed by atoms with Gasteiger partial charge in [0, 0.05) is 31.5 Å². The maximum Gasteiger partial charge on any atom is 0.156 e. The molecule has 0 aromatic rings. The van der Waals surface area contributed by atoms with E-state index in [1.807, 2.05) is 0 Å². The van der Waals surface area contributed by atoms with E-state index < -0.39 is 0 Å². The zero-order valence-corrected chi connectivity index (χ0v) is 10.9. The molecule has 0 N–H and O–H groups in total. The Morgan fingerprint density at radius 2 is 2.09 bits per heavy atom. The van der Waals surface area contributed by atoms with Crippen LogP contribution < -0.4 is 17.0 Å². The average Bonchev–Trinajstić information content (AvgIpc) is 1.90. The van der Waals surface area contributed by atoms with Crippen LogP contribution in [0.15, 0.2) is 29.5 Å². The second-order valence-corrected chi connectivity index (χ2v) is 1.84. The largest absolute Gasteiger partial charge is 1.00 e. The first-order valence-electron chi connectivity index (χ1n) is 2.78. The first-order chi connectivity index (χ1) is 4.30. The molecule has 1 aliphatic carbocycles. The van der Waals surface area contributed by atoms with Gasteiger partial charge in [0.2, 0.25) is 0 Å². The van der Waals surface area contributed by atoms with E-state index in [1.165, 1.54) is 0 Å². The van der Waals surface area contributed by atoms with Gasteiger partial charge in [0.15, 0.2) is 5.78 Å². The molecule has 0 unspecified atom stereocenters. The second-order valence-electron chi connectivity index (χ2n) is 1.84. The van der Waals surface area contributed by atoms with E-state index in [-0.39, 0.29) is 42.2 Å². The predicted molar refractivity (Wildman–Crippen MR) is 35.7 cm³/mol. The molecule has 0 saturated carbocycles. The summed E-state index contributed by atoms with van der Waals surface area (Å²) in [6, 6.07) is 0. The van der Waals surface area contributed by atoms with E-state index in [2.05, 4.69) is 5.73 Å². The van der Waals surface area contributed by atoms with Crippen LogP contribution in [0.1, 0.15) is 6.92 Å². The van der Waals surface area contributed by atoms with Crippen LogP contribution in [0.4, 0.5) is 0 Å². The van der Waals surface area contributed by atoms with Crippen LogP contribution in [0.25, 0.3) is 0 Å². The summed E-state index contributed by atoms with van der Waals surface area (Å²) < 4.78 is 0. The summed E-state index contributed by atoms with van der Waals surface area (Å²) in [5, 5.41) is 0. The van der Waals surface area contributed by atoms with Crippen molar-refractivity contribution in [2.75, 3.05) is 0 Å². The number of ketones is 1. The Morgan fingerprint density at radius 3 is 2.36 bits per heavy atom. The number of hydrogen-bond acceptors (Lipinski definition) is 1. The van der Waals surface area contributed by atoms with Gasteiger partial charge in [-0.15, -0.1) is 5.73 Å². The van der Waals surface area contributed by atoms with Crippen LogP contribution in [0.3, 0.4) is 0 Å². The first-order valence-corrected chi connectivity index (χ1v) is 2.78. The van der Waals surface area contributed by atoms with Gasteiger partial charge in [0.1, 0.15) is 0 Å². The molecule has 0 amide bonds. The van der Waals surface area contributed by atoms with Crippen molar-refractivity contribution >= 4 is 5.78 Å². The molecule has 0 spiro atoms. The Bertz CT molecular complexity index is 224. The monoisotopic (exact) mass is 262 g/mol. The summed E-state index contributed by atoms with van der Waals surface area (Å²) in [7, 11) is 0. The number of halogens is 1. The molecule has 0 bridgehead atoms. The molecule has 1 nitrogen and oxygen atoms in total. The summed E-state index contributed by atoms with van der Waals surface area (Å²) in [5.41, 5.74) is 3.58. The van der Waals surface area contributed by atoms with E-state index in [9.17, 15) is 4.79 Å². The topological polar surface area (TPSA) is 17.1 Å². The van der Waals surface area contributed by atoms with Gasteiger partial charge in [0.25, 0.3) is 0 Å². The minimum absolute atomic E-state index is 0. The molecule has 55 valence electrons. The van der Waals surface area contributed by atoms with Crippen molar-refractivity contribution in [1.82, 2.24) is 0 Å². The molecule has 0 aliphatic heterocycles. The molecule has 0 saturated heterocycles. The van der Waals surface area contributed by atoms with Crippen LogP contribution in [-0.4, -0.2) is 5.78 Å². The molecule has 11 heavy (non-hydrogen) atoms. The first kappa shape index (κ1) is 13.6. The Morgan fingerprint density at radius 1 is 1.45 bits per heavy atom.